The lowest BCUT2D eigenvalue weighted by Gasteiger charge is -2.25. The standard InChI is InChI=1S/C19H33N3O2/c1-7-24-17(15(2)3)12-13-21-19(20-4)22(5)14-16-10-8-9-11-18(16)23-6/h8-11,15,17H,7,12-14H2,1-6H3,(H,20,21). The summed E-state index contributed by atoms with van der Waals surface area (Å²) in [7, 11) is 5.54. The molecule has 0 aliphatic heterocycles. The van der Waals surface area contributed by atoms with Crippen molar-refractivity contribution in [3.8, 4) is 5.75 Å². The Labute approximate surface area is 147 Å². The Morgan fingerprint density at radius 3 is 2.58 bits per heavy atom. The van der Waals surface area contributed by atoms with Gasteiger partial charge in [-0.3, -0.25) is 4.99 Å². The molecule has 1 aromatic rings. The minimum absolute atomic E-state index is 0.278. The van der Waals surface area contributed by atoms with E-state index in [1.807, 2.05) is 39.2 Å². The highest BCUT2D eigenvalue weighted by Gasteiger charge is 2.14. The zero-order valence-electron chi connectivity index (χ0n) is 16.0. The number of para-hydroxylation sites is 1. The molecular formula is C19H33N3O2. The summed E-state index contributed by atoms with van der Waals surface area (Å²) in [5.74, 6) is 2.29. The fourth-order valence-corrected chi connectivity index (χ4v) is 2.70. The Morgan fingerprint density at radius 1 is 1.29 bits per heavy atom. The maximum atomic E-state index is 5.80. The monoisotopic (exact) mass is 335 g/mol. The Balaban J connectivity index is 2.56. The highest BCUT2D eigenvalue weighted by molar-refractivity contribution is 5.79. The van der Waals surface area contributed by atoms with Crippen molar-refractivity contribution in [3.05, 3.63) is 29.8 Å². The molecule has 0 fully saturated rings. The molecule has 1 rings (SSSR count). The summed E-state index contributed by atoms with van der Waals surface area (Å²) in [6.45, 7) is 8.77. The lowest BCUT2D eigenvalue weighted by molar-refractivity contribution is 0.0257. The van der Waals surface area contributed by atoms with Crippen LogP contribution in [0.15, 0.2) is 29.3 Å². The van der Waals surface area contributed by atoms with Crippen LogP contribution in [0.3, 0.4) is 0 Å². The van der Waals surface area contributed by atoms with Crippen molar-refractivity contribution in [1.29, 1.82) is 0 Å². The van der Waals surface area contributed by atoms with Gasteiger partial charge in [0.05, 0.1) is 13.2 Å². The topological polar surface area (TPSA) is 46.1 Å². The molecule has 1 aromatic carbocycles. The van der Waals surface area contributed by atoms with Crippen LogP contribution >= 0.6 is 0 Å². The third-order valence-electron chi connectivity index (χ3n) is 4.01. The molecule has 5 nitrogen and oxygen atoms in total. The third kappa shape index (κ3) is 6.40. The second kappa shape index (κ2) is 10.9. The van der Waals surface area contributed by atoms with Gasteiger partial charge in [0.1, 0.15) is 5.75 Å². The number of hydrogen-bond donors (Lipinski definition) is 1. The lowest BCUT2D eigenvalue weighted by atomic mass is 10.0. The molecule has 0 spiro atoms. The Bertz CT molecular complexity index is 503. The minimum Gasteiger partial charge on any atom is -0.496 e. The van der Waals surface area contributed by atoms with E-state index in [1.54, 1.807) is 7.11 Å². The van der Waals surface area contributed by atoms with Crippen molar-refractivity contribution in [3.63, 3.8) is 0 Å². The van der Waals surface area contributed by atoms with Gasteiger partial charge in [0.25, 0.3) is 0 Å². The fraction of sp³-hybridized carbons (Fsp3) is 0.632. The number of hydrogen-bond acceptors (Lipinski definition) is 3. The van der Waals surface area contributed by atoms with Crippen LogP contribution in [0, 0.1) is 5.92 Å². The molecule has 0 heterocycles. The third-order valence-corrected chi connectivity index (χ3v) is 4.01. The summed E-state index contributed by atoms with van der Waals surface area (Å²) in [5, 5.41) is 3.43. The van der Waals surface area contributed by atoms with Crippen molar-refractivity contribution in [1.82, 2.24) is 10.2 Å². The van der Waals surface area contributed by atoms with Crippen molar-refractivity contribution in [2.75, 3.05) is 34.4 Å². The predicted molar refractivity (Wildman–Crippen MR) is 101 cm³/mol. The number of nitrogens with one attached hydrogen (secondary N) is 1. The number of nitrogens with zero attached hydrogens (tertiary/aromatic N) is 2. The van der Waals surface area contributed by atoms with E-state index in [0.29, 0.717) is 5.92 Å². The Hall–Kier alpha value is -1.75. The molecule has 1 unspecified atom stereocenters. The average Bonchev–Trinajstić information content (AvgIpc) is 2.57. The summed E-state index contributed by atoms with van der Waals surface area (Å²) >= 11 is 0. The van der Waals surface area contributed by atoms with Gasteiger partial charge in [0, 0.05) is 39.4 Å². The molecule has 0 bridgehead atoms. The van der Waals surface area contributed by atoms with Gasteiger partial charge < -0.3 is 19.7 Å². The summed E-state index contributed by atoms with van der Waals surface area (Å²) in [6, 6.07) is 8.06. The van der Waals surface area contributed by atoms with Crippen LogP contribution in [0.5, 0.6) is 5.75 Å². The van der Waals surface area contributed by atoms with E-state index in [-0.39, 0.29) is 6.10 Å². The van der Waals surface area contributed by atoms with Crippen molar-refractivity contribution < 1.29 is 9.47 Å². The zero-order chi connectivity index (χ0) is 17.9. The second-order valence-corrected chi connectivity index (χ2v) is 6.17. The fourth-order valence-electron chi connectivity index (χ4n) is 2.70. The maximum Gasteiger partial charge on any atom is 0.193 e. The molecule has 0 aliphatic rings. The Kier molecular flexibility index (Phi) is 9.23. The van der Waals surface area contributed by atoms with Gasteiger partial charge in [-0.05, 0) is 25.3 Å². The molecule has 24 heavy (non-hydrogen) atoms. The van der Waals surface area contributed by atoms with Crippen LogP contribution in [0.1, 0.15) is 32.8 Å². The summed E-state index contributed by atoms with van der Waals surface area (Å²) in [6.07, 6.45) is 1.24. The summed E-state index contributed by atoms with van der Waals surface area (Å²) in [4.78, 5) is 6.48. The van der Waals surface area contributed by atoms with E-state index < -0.39 is 0 Å². The molecule has 0 aliphatic carbocycles. The van der Waals surface area contributed by atoms with Crippen molar-refractivity contribution >= 4 is 5.96 Å². The first-order valence-electron chi connectivity index (χ1n) is 8.68. The number of ether oxygens (including phenoxy) is 2. The van der Waals surface area contributed by atoms with Gasteiger partial charge in [-0.1, -0.05) is 32.0 Å². The van der Waals surface area contributed by atoms with E-state index in [1.165, 1.54) is 0 Å². The SMILES string of the molecule is CCOC(CCNC(=NC)N(C)Cc1ccccc1OC)C(C)C. The normalized spacial score (nSPS) is 13.0. The van der Waals surface area contributed by atoms with Gasteiger partial charge in [-0.15, -0.1) is 0 Å². The molecule has 5 heteroatoms. The van der Waals surface area contributed by atoms with Gasteiger partial charge in [-0.25, -0.2) is 0 Å². The Morgan fingerprint density at radius 2 is 2.00 bits per heavy atom. The van der Waals surface area contributed by atoms with Gasteiger partial charge >= 0.3 is 0 Å². The zero-order valence-corrected chi connectivity index (χ0v) is 16.0. The highest BCUT2D eigenvalue weighted by Crippen LogP contribution is 2.18. The predicted octanol–water partition coefficient (Wildman–Crippen LogP) is 3.15. The van der Waals surface area contributed by atoms with Crippen molar-refractivity contribution in [2.45, 2.75) is 39.8 Å². The molecule has 0 saturated carbocycles. The van der Waals surface area contributed by atoms with Crippen LogP contribution in [0.2, 0.25) is 0 Å². The molecular weight excluding hydrogens is 302 g/mol. The first kappa shape index (κ1) is 20.3. The molecule has 0 saturated heterocycles. The van der Waals surface area contributed by atoms with E-state index in [2.05, 4.69) is 35.1 Å². The lowest BCUT2D eigenvalue weighted by Crippen LogP contribution is -2.40. The number of benzene rings is 1. The summed E-state index contributed by atoms with van der Waals surface area (Å²) < 4.78 is 11.2. The molecule has 0 radical (unpaired) electrons. The number of aliphatic imine (C=N–C) groups is 1. The first-order valence-corrected chi connectivity index (χ1v) is 8.68. The van der Waals surface area contributed by atoms with Crippen LogP contribution in [0.4, 0.5) is 0 Å². The van der Waals surface area contributed by atoms with E-state index >= 15 is 0 Å². The van der Waals surface area contributed by atoms with E-state index in [0.717, 1.165) is 43.4 Å². The molecule has 136 valence electrons. The van der Waals surface area contributed by atoms with Crippen molar-refractivity contribution in [2.24, 2.45) is 10.9 Å². The van der Waals surface area contributed by atoms with Gasteiger partial charge in [-0.2, -0.15) is 0 Å². The van der Waals surface area contributed by atoms with Crippen LogP contribution < -0.4 is 10.1 Å². The summed E-state index contributed by atoms with van der Waals surface area (Å²) in [5.41, 5.74) is 1.14. The molecule has 1 N–H and O–H groups in total. The van der Waals surface area contributed by atoms with Crippen LogP contribution in [0.25, 0.3) is 0 Å². The van der Waals surface area contributed by atoms with E-state index in [9.17, 15) is 0 Å². The van der Waals surface area contributed by atoms with Gasteiger partial charge in [0.15, 0.2) is 5.96 Å². The van der Waals surface area contributed by atoms with Crippen LogP contribution in [-0.4, -0.2) is 51.3 Å². The number of rotatable bonds is 9. The second-order valence-electron chi connectivity index (χ2n) is 6.17. The minimum atomic E-state index is 0.278. The quantitative estimate of drug-likeness (QED) is 0.556. The molecule has 0 amide bonds. The van der Waals surface area contributed by atoms with Crippen LogP contribution in [-0.2, 0) is 11.3 Å². The van der Waals surface area contributed by atoms with E-state index in [4.69, 9.17) is 9.47 Å². The largest absolute Gasteiger partial charge is 0.496 e. The maximum absolute atomic E-state index is 5.80. The average molecular weight is 335 g/mol. The smallest absolute Gasteiger partial charge is 0.193 e. The molecule has 0 aromatic heterocycles. The van der Waals surface area contributed by atoms with Gasteiger partial charge in [0.2, 0.25) is 0 Å². The number of guanidine groups is 1. The number of methoxy groups -OCH3 is 1. The molecule has 1 atom stereocenters. The first-order chi connectivity index (χ1) is 11.5. The highest BCUT2D eigenvalue weighted by atomic mass is 16.5.